The Bertz CT molecular complexity index is 1470. The van der Waals surface area contributed by atoms with E-state index in [9.17, 15) is 26.7 Å². The number of carbonyl (C=O) groups excluding carboxylic acids is 1. The summed E-state index contributed by atoms with van der Waals surface area (Å²) < 4.78 is 61.9. The van der Waals surface area contributed by atoms with Crippen LogP contribution in [0.4, 0.5) is 5.69 Å². The molecule has 38 heavy (non-hydrogen) atoms. The normalized spacial score (nSPS) is 19.4. The molecule has 3 aromatic rings. The molecule has 4 rings (SSSR count). The van der Waals surface area contributed by atoms with E-state index in [2.05, 4.69) is 4.72 Å². The van der Waals surface area contributed by atoms with Crippen LogP contribution in [0.2, 0.25) is 0 Å². The van der Waals surface area contributed by atoms with E-state index in [-0.39, 0.29) is 51.0 Å². The largest absolute Gasteiger partial charge is 0.488 e. The average molecular weight is 600 g/mol. The lowest BCUT2D eigenvalue weighted by atomic mass is 9.99. The molecule has 206 valence electrons. The van der Waals surface area contributed by atoms with Crippen molar-refractivity contribution < 1.29 is 31.5 Å². The second-order valence-electron chi connectivity index (χ2n) is 9.09. The number of hydrogen-bond acceptors (Lipinski definition) is 9. The number of sulfonamides is 2. The Balaban J connectivity index is 1.68. The minimum absolute atomic E-state index is 0.0170. The van der Waals surface area contributed by atoms with Crippen LogP contribution in [0.15, 0.2) is 61.6 Å². The fourth-order valence-electron chi connectivity index (χ4n) is 4.04. The zero-order chi connectivity index (χ0) is 27.7. The number of nitrogens with one attached hydrogen (secondary N) is 1. The number of aliphatic hydroxyl groups is 1. The highest BCUT2D eigenvalue weighted by molar-refractivity contribution is 7.94. The van der Waals surface area contributed by atoms with E-state index in [1.165, 1.54) is 46.6 Å². The molecule has 0 aliphatic carbocycles. The Kier molecular flexibility index (Phi) is 8.49. The van der Waals surface area contributed by atoms with Crippen LogP contribution >= 0.6 is 22.7 Å². The summed E-state index contributed by atoms with van der Waals surface area (Å²) in [5, 5.41) is 13.2. The molecule has 2 N–H and O–H groups in total. The van der Waals surface area contributed by atoms with Crippen molar-refractivity contribution >= 4 is 54.3 Å². The summed E-state index contributed by atoms with van der Waals surface area (Å²) in [6.45, 7) is 3.50. The van der Waals surface area contributed by atoms with Crippen molar-refractivity contribution in [3.63, 3.8) is 0 Å². The molecule has 0 saturated heterocycles. The van der Waals surface area contributed by atoms with Crippen molar-refractivity contribution in [2.75, 3.05) is 31.5 Å². The lowest BCUT2D eigenvalue weighted by Crippen LogP contribution is -2.50. The molecule has 0 saturated carbocycles. The SMILES string of the molecule is C[C@H]1CN([C@@H](C)CO)C(=O)c2cc(NS(=O)(=O)c3cccs3)ccc2O[C@H]1CN(C)S(=O)(=O)c1cccs1. The number of fused-ring (bicyclic) bond motifs is 1. The molecule has 14 heteroatoms. The van der Waals surface area contributed by atoms with Gasteiger partial charge in [0.1, 0.15) is 20.3 Å². The first-order chi connectivity index (χ1) is 17.9. The maximum absolute atomic E-state index is 13.6. The molecule has 1 aliphatic heterocycles. The Hall–Kier alpha value is -2.49. The number of thiophene rings is 2. The number of benzene rings is 1. The number of nitrogens with zero attached hydrogens (tertiary/aromatic N) is 2. The topological polar surface area (TPSA) is 133 Å². The van der Waals surface area contributed by atoms with Gasteiger partial charge >= 0.3 is 0 Å². The number of carbonyl (C=O) groups is 1. The third-order valence-electron chi connectivity index (χ3n) is 6.27. The van der Waals surface area contributed by atoms with E-state index in [0.29, 0.717) is 0 Å². The fraction of sp³-hybridized carbons (Fsp3) is 0.375. The molecule has 3 heterocycles. The van der Waals surface area contributed by atoms with Crippen LogP contribution in [0.1, 0.15) is 24.2 Å². The van der Waals surface area contributed by atoms with Gasteiger partial charge in [0.05, 0.1) is 24.8 Å². The highest BCUT2D eigenvalue weighted by Gasteiger charge is 2.35. The number of ether oxygens (including phenoxy) is 1. The van der Waals surface area contributed by atoms with Crippen LogP contribution in [0.25, 0.3) is 0 Å². The Morgan fingerprint density at radius 1 is 1.13 bits per heavy atom. The van der Waals surface area contributed by atoms with E-state index in [4.69, 9.17) is 4.74 Å². The summed E-state index contributed by atoms with van der Waals surface area (Å²) in [6, 6.07) is 10.2. The predicted octanol–water partition coefficient (Wildman–Crippen LogP) is 3.15. The van der Waals surface area contributed by atoms with Crippen molar-refractivity contribution in [1.29, 1.82) is 0 Å². The molecule has 0 fully saturated rings. The Morgan fingerprint density at radius 2 is 1.79 bits per heavy atom. The van der Waals surface area contributed by atoms with Crippen molar-refractivity contribution in [2.45, 2.75) is 34.4 Å². The molecule has 0 radical (unpaired) electrons. The molecule has 10 nitrogen and oxygen atoms in total. The van der Waals surface area contributed by atoms with Crippen LogP contribution in [0, 0.1) is 5.92 Å². The minimum atomic E-state index is -3.85. The van der Waals surface area contributed by atoms with Gasteiger partial charge in [-0.05, 0) is 48.0 Å². The summed E-state index contributed by atoms with van der Waals surface area (Å²) in [5.41, 5.74) is 0.283. The van der Waals surface area contributed by atoms with E-state index < -0.39 is 38.1 Å². The van der Waals surface area contributed by atoms with Gasteiger partial charge in [-0.2, -0.15) is 4.31 Å². The van der Waals surface area contributed by atoms with Crippen molar-refractivity contribution in [2.24, 2.45) is 5.92 Å². The van der Waals surface area contributed by atoms with Crippen LogP contribution in [-0.4, -0.2) is 75.9 Å². The lowest BCUT2D eigenvalue weighted by Gasteiger charge is -2.38. The van der Waals surface area contributed by atoms with Gasteiger partial charge in [0.15, 0.2) is 0 Å². The summed E-state index contributed by atoms with van der Waals surface area (Å²) >= 11 is 2.19. The molecule has 0 unspecified atom stereocenters. The molecule has 0 bridgehead atoms. The number of rotatable bonds is 9. The zero-order valence-electron chi connectivity index (χ0n) is 21.0. The van der Waals surface area contributed by atoms with Crippen LogP contribution < -0.4 is 9.46 Å². The highest BCUT2D eigenvalue weighted by Crippen LogP contribution is 2.32. The number of anilines is 1. The van der Waals surface area contributed by atoms with Gasteiger partial charge < -0.3 is 14.7 Å². The predicted molar refractivity (Wildman–Crippen MR) is 147 cm³/mol. The van der Waals surface area contributed by atoms with E-state index >= 15 is 0 Å². The third kappa shape index (κ3) is 5.90. The standard InChI is InChI=1S/C24H29N3O7S4/c1-16-13-27(17(2)15-28)24(29)19-12-18(25-37(30,31)22-6-4-10-35-22)8-9-20(19)34-21(16)14-26(3)38(32,33)23-7-5-11-36-23/h4-12,16-17,21,25,28H,13-15H2,1-3H3/t16-,17-,21-/m0/s1. The quantitative estimate of drug-likeness (QED) is 0.386. The molecule has 1 aromatic carbocycles. The number of amides is 1. The van der Waals surface area contributed by atoms with Crippen molar-refractivity contribution in [1.82, 2.24) is 9.21 Å². The van der Waals surface area contributed by atoms with Crippen molar-refractivity contribution in [3.8, 4) is 5.75 Å². The first kappa shape index (κ1) is 28.5. The van der Waals surface area contributed by atoms with Crippen LogP contribution in [-0.2, 0) is 20.0 Å². The van der Waals surface area contributed by atoms with Crippen LogP contribution in [0.3, 0.4) is 0 Å². The number of likely N-dealkylation sites (N-methyl/N-ethyl adjacent to an activating group) is 1. The summed E-state index contributed by atoms with van der Waals surface area (Å²) in [5.74, 6) is -0.523. The van der Waals surface area contributed by atoms with Gasteiger partial charge in [0.25, 0.3) is 26.0 Å². The average Bonchev–Trinajstić information content (AvgIpc) is 3.61. The van der Waals surface area contributed by atoms with Gasteiger partial charge in [0.2, 0.25) is 0 Å². The van der Waals surface area contributed by atoms with Gasteiger partial charge in [-0.1, -0.05) is 19.1 Å². The molecular weight excluding hydrogens is 571 g/mol. The van der Waals surface area contributed by atoms with E-state index in [1.54, 1.807) is 29.8 Å². The van der Waals surface area contributed by atoms with E-state index in [1.807, 2.05) is 6.92 Å². The van der Waals surface area contributed by atoms with Crippen molar-refractivity contribution in [3.05, 3.63) is 58.8 Å². The Labute approximate surface area is 230 Å². The number of hydrogen-bond donors (Lipinski definition) is 2. The molecular formula is C24H29N3O7S4. The maximum Gasteiger partial charge on any atom is 0.271 e. The highest BCUT2D eigenvalue weighted by atomic mass is 32.3. The first-order valence-electron chi connectivity index (χ1n) is 11.7. The lowest BCUT2D eigenvalue weighted by molar-refractivity contribution is 0.0387. The molecule has 0 spiro atoms. The van der Waals surface area contributed by atoms with Gasteiger partial charge in [-0.25, -0.2) is 16.8 Å². The second-order valence-corrected chi connectivity index (χ2v) is 15.2. The van der Waals surface area contributed by atoms with E-state index in [0.717, 1.165) is 22.7 Å². The molecule has 2 aromatic heterocycles. The molecule has 3 atom stereocenters. The smallest absolute Gasteiger partial charge is 0.271 e. The second kappa shape index (κ2) is 11.3. The Morgan fingerprint density at radius 3 is 2.39 bits per heavy atom. The number of aliphatic hydroxyl groups excluding tert-OH is 1. The monoisotopic (exact) mass is 599 g/mol. The van der Waals surface area contributed by atoms with Gasteiger partial charge in [0, 0.05) is 25.2 Å². The summed E-state index contributed by atoms with van der Waals surface area (Å²) in [4.78, 5) is 15.1. The molecule has 1 aliphatic rings. The fourth-order valence-corrected chi connectivity index (χ4v) is 8.47. The molecule has 1 amide bonds. The third-order valence-corrected chi connectivity index (χ3v) is 12.2. The van der Waals surface area contributed by atoms with Gasteiger partial charge in [-0.3, -0.25) is 9.52 Å². The van der Waals surface area contributed by atoms with Gasteiger partial charge in [-0.15, -0.1) is 22.7 Å². The summed E-state index contributed by atoms with van der Waals surface area (Å²) in [7, 11) is -6.10. The first-order valence-corrected chi connectivity index (χ1v) is 16.4. The minimum Gasteiger partial charge on any atom is -0.488 e. The maximum atomic E-state index is 13.6. The summed E-state index contributed by atoms with van der Waals surface area (Å²) in [6.07, 6.45) is -0.636. The van der Waals surface area contributed by atoms with Crippen LogP contribution in [0.5, 0.6) is 5.75 Å². The zero-order valence-corrected chi connectivity index (χ0v) is 24.2.